The summed E-state index contributed by atoms with van der Waals surface area (Å²) in [4.78, 5) is 11.8. The summed E-state index contributed by atoms with van der Waals surface area (Å²) >= 11 is 0. The molecule has 1 N–H and O–H groups in total. The zero-order valence-electron chi connectivity index (χ0n) is 12.8. The van der Waals surface area contributed by atoms with Crippen LogP contribution in [-0.4, -0.2) is 31.3 Å². The first-order valence-electron chi connectivity index (χ1n) is 7.09. The largest absolute Gasteiger partial charge is 0.481 e. The van der Waals surface area contributed by atoms with Crippen LogP contribution in [0.5, 0.6) is 5.75 Å². The van der Waals surface area contributed by atoms with Crippen LogP contribution >= 0.6 is 0 Å². The highest BCUT2D eigenvalue weighted by Gasteiger charge is 2.13. The smallest absolute Gasteiger partial charge is 0.260 e. The maximum absolute atomic E-state index is 11.8. The third-order valence-electron chi connectivity index (χ3n) is 2.74. The van der Waals surface area contributed by atoms with E-state index in [1.165, 1.54) is 0 Å². The molecule has 0 aromatic heterocycles. The zero-order chi connectivity index (χ0) is 15.7. The Morgan fingerprint density at radius 2 is 1.95 bits per heavy atom. The topological polar surface area (TPSA) is 71.3 Å². The fourth-order valence-corrected chi connectivity index (χ4v) is 1.61. The number of amides is 1. The van der Waals surface area contributed by atoms with E-state index in [4.69, 9.17) is 14.7 Å². The quantitative estimate of drug-likeness (QED) is 0.745. The molecule has 0 aliphatic carbocycles. The van der Waals surface area contributed by atoms with Crippen LogP contribution in [0.15, 0.2) is 24.3 Å². The van der Waals surface area contributed by atoms with Crippen LogP contribution in [0.2, 0.25) is 0 Å². The number of ether oxygens (including phenoxy) is 2. The van der Waals surface area contributed by atoms with Gasteiger partial charge in [0.2, 0.25) is 0 Å². The minimum atomic E-state index is -0.580. The lowest BCUT2D eigenvalue weighted by molar-refractivity contribution is -0.127. The van der Waals surface area contributed by atoms with Crippen molar-refractivity contribution >= 4 is 5.91 Å². The van der Waals surface area contributed by atoms with E-state index in [1.807, 2.05) is 19.9 Å². The van der Waals surface area contributed by atoms with Crippen LogP contribution in [0.4, 0.5) is 0 Å². The molecule has 1 unspecified atom stereocenters. The van der Waals surface area contributed by atoms with Gasteiger partial charge in [0.15, 0.2) is 6.10 Å². The maximum Gasteiger partial charge on any atom is 0.260 e. The molecule has 1 aromatic rings. The molecule has 0 spiro atoms. The first-order chi connectivity index (χ1) is 10.0. The van der Waals surface area contributed by atoms with Gasteiger partial charge < -0.3 is 14.8 Å². The minimum Gasteiger partial charge on any atom is -0.481 e. The van der Waals surface area contributed by atoms with Crippen molar-refractivity contribution in [3.8, 4) is 11.8 Å². The molecule has 0 aliphatic heterocycles. The molecular formula is C16H22N2O3. The van der Waals surface area contributed by atoms with Crippen LogP contribution in [0.3, 0.4) is 0 Å². The summed E-state index contributed by atoms with van der Waals surface area (Å²) in [6.45, 7) is 6.84. The van der Waals surface area contributed by atoms with E-state index in [0.717, 1.165) is 6.42 Å². The van der Waals surface area contributed by atoms with Gasteiger partial charge in [-0.25, -0.2) is 0 Å². The summed E-state index contributed by atoms with van der Waals surface area (Å²) in [7, 11) is 0. The van der Waals surface area contributed by atoms with Crippen molar-refractivity contribution in [1.29, 1.82) is 5.26 Å². The van der Waals surface area contributed by atoms with Gasteiger partial charge in [0, 0.05) is 13.2 Å². The van der Waals surface area contributed by atoms with Gasteiger partial charge in [-0.1, -0.05) is 0 Å². The Kier molecular flexibility index (Phi) is 7.27. The maximum atomic E-state index is 11.8. The molecule has 21 heavy (non-hydrogen) atoms. The summed E-state index contributed by atoms with van der Waals surface area (Å²) in [6.07, 6.45) is 0.399. The Hall–Kier alpha value is -2.06. The lowest BCUT2D eigenvalue weighted by atomic mass is 10.2. The number of nitrogens with one attached hydrogen (secondary N) is 1. The summed E-state index contributed by atoms with van der Waals surface area (Å²) in [6, 6.07) is 8.70. The summed E-state index contributed by atoms with van der Waals surface area (Å²) in [5, 5.41) is 11.5. The van der Waals surface area contributed by atoms with E-state index in [0.29, 0.717) is 24.5 Å². The summed E-state index contributed by atoms with van der Waals surface area (Å²) in [5.41, 5.74) is 0.560. The number of benzene rings is 1. The summed E-state index contributed by atoms with van der Waals surface area (Å²) in [5.74, 6) is 0.406. The first-order valence-corrected chi connectivity index (χ1v) is 7.09. The second-order valence-corrected chi connectivity index (χ2v) is 4.96. The molecule has 5 nitrogen and oxygen atoms in total. The predicted octanol–water partition coefficient (Wildman–Crippen LogP) is 2.26. The van der Waals surface area contributed by atoms with Crippen LogP contribution in [0.1, 0.15) is 32.8 Å². The molecule has 1 amide bonds. The highest BCUT2D eigenvalue weighted by Crippen LogP contribution is 2.13. The van der Waals surface area contributed by atoms with Crippen molar-refractivity contribution < 1.29 is 14.3 Å². The Bertz CT molecular complexity index is 477. The van der Waals surface area contributed by atoms with Crippen LogP contribution in [0.25, 0.3) is 0 Å². The number of nitrogens with zero attached hydrogens (tertiary/aromatic N) is 1. The molecular weight excluding hydrogens is 268 g/mol. The fourth-order valence-electron chi connectivity index (χ4n) is 1.61. The zero-order valence-corrected chi connectivity index (χ0v) is 12.8. The van der Waals surface area contributed by atoms with E-state index >= 15 is 0 Å². The van der Waals surface area contributed by atoms with Crippen molar-refractivity contribution in [3.05, 3.63) is 29.8 Å². The van der Waals surface area contributed by atoms with E-state index in [1.54, 1.807) is 31.2 Å². The Morgan fingerprint density at radius 3 is 2.52 bits per heavy atom. The standard InChI is InChI=1S/C16H22N2O3/c1-12(2)20-10-4-9-18-16(19)13(3)21-15-7-5-14(11-17)6-8-15/h5-8,12-13H,4,9-10H2,1-3H3,(H,18,19). The van der Waals surface area contributed by atoms with Crippen molar-refractivity contribution in [2.75, 3.05) is 13.2 Å². The van der Waals surface area contributed by atoms with E-state index < -0.39 is 6.10 Å². The third kappa shape index (κ3) is 6.77. The second-order valence-electron chi connectivity index (χ2n) is 4.96. The van der Waals surface area contributed by atoms with Gasteiger partial charge in [-0.05, 0) is 51.5 Å². The molecule has 0 aliphatic rings. The SMILES string of the molecule is CC(C)OCCCNC(=O)C(C)Oc1ccc(C#N)cc1. The highest BCUT2D eigenvalue weighted by atomic mass is 16.5. The van der Waals surface area contributed by atoms with Crippen molar-refractivity contribution in [3.63, 3.8) is 0 Å². The number of hydrogen-bond acceptors (Lipinski definition) is 4. The van der Waals surface area contributed by atoms with E-state index in [9.17, 15) is 4.79 Å². The van der Waals surface area contributed by atoms with Crippen LogP contribution in [-0.2, 0) is 9.53 Å². The van der Waals surface area contributed by atoms with Gasteiger partial charge in [-0.15, -0.1) is 0 Å². The number of rotatable bonds is 8. The number of carbonyl (C=O) groups is 1. The number of nitriles is 1. The molecule has 0 fully saturated rings. The monoisotopic (exact) mass is 290 g/mol. The van der Waals surface area contributed by atoms with Gasteiger partial charge in [0.05, 0.1) is 17.7 Å². The Labute approximate surface area is 125 Å². The van der Waals surface area contributed by atoms with Crippen molar-refractivity contribution in [2.45, 2.75) is 39.4 Å². The van der Waals surface area contributed by atoms with Crippen molar-refractivity contribution in [1.82, 2.24) is 5.32 Å². The predicted molar refractivity (Wildman–Crippen MR) is 80.0 cm³/mol. The highest BCUT2D eigenvalue weighted by molar-refractivity contribution is 5.80. The molecule has 0 saturated carbocycles. The molecule has 1 aromatic carbocycles. The third-order valence-corrected chi connectivity index (χ3v) is 2.74. The van der Waals surface area contributed by atoms with Gasteiger partial charge in [-0.2, -0.15) is 5.26 Å². The van der Waals surface area contributed by atoms with Gasteiger partial charge in [0.25, 0.3) is 5.91 Å². The average Bonchev–Trinajstić information content (AvgIpc) is 2.47. The Balaban J connectivity index is 2.28. The Morgan fingerprint density at radius 1 is 1.29 bits per heavy atom. The first kappa shape index (κ1) is 17.0. The normalized spacial score (nSPS) is 11.8. The molecule has 1 rings (SSSR count). The molecule has 5 heteroatoms. The molecule has 0 radical (unpaired) electrons. The lowest BCUT2D eigenvalue weighted by Crippen LogP contribution is -2.37. The van der Waals surface area contributed by atoms with E-state index in [-0.39, 0.29) is 12.0 Å². The second kappa shape index (κ2) is 8.98. The van der Waals surface area contributed by atoms with Crippen LogP contribution < -0.4 is 10.1 Å². The van der Waals surface area contributed by atoms with Gasteiger partial charge in [-0.3, -0.25) is 4.79 Å². The lowest BCUT2D eigenvalue weighted by Gasteiger charge is -2.15. The van der Waals surface area contributed by atoms with E-state index in [2.05, 4.69) is 5.32 Å². The van der Waals surface area contributed by atoms with Gasteiger partial charge in [0.1, 0.15) is 5.75 Å². The summed E-state index contributed by atoms with van der Waals surface area (Å²) < 4.78 is 10.9. The average molecular weight is 290 g/mol. The molecule has 0 bridgehead atoms. The molecule has 0 heterocycles. The van der Waals surface area contributed by atoms with Crippen LogP contribution in [0, 0.1) is 11.3 Å². The molecule has 0 saturated heterocycles. The minimum absolute atomic E-state index is 0.163. The fraction of sp³-hybridized carbons (Fsp3) is 0.500. The number of carbonyl (C=O) groups excluding carboxylic acids is 1. The molecule has 1 atom stereocenters. The molecule has 114 valence electrons. The van der Waals surface area contributed by atoms with Gasteiger partial charge >= 0.3 is 0 Å². The number of hydrogen-bond donors (Lipinski definition) is 1. The van der Waals surface area contributed by atoms with Crippen molar-refractivity contribution in [2.24, 2.45) is 0 Å².